The molecule has 7 nitrogen and oxygen atoms in total. The largest absolute Gasteiger partial charge is 0.454 e. The molecule has 0 spiro atoms. The van der Waals surface area contributed by atoms with Crippen molar-refractivity contribution in [2.75, 3.05) is 13.2 Å². The van der Waals surface area contributed by atoms with E-state index in [9.17, 15) is 19.5 Å². The van der Waals surface area contributed by atoms with Gasteiger partial charge in [-0.15, -0.1) is 0 Å². The van der Waals surface area contributed by atoms with Crippen LogP contribution in [-0.2, 0) is 19.1 Å². The van der Waals surface area contributed by atoms with E-state index in [-0.39, 0.29) is 48.9 Å². The predicted molar refractivity (Wildman–Crippen MR) is 115 cm³/mol. The number of β-amino-alcohol motifs (C(OH)–C–C–N with tert-alkyl or cyclic N) is 1. The van der Waals surface area contributed by atoms with Crippen LogP contribution in [0.1, 0.15) is 72.6 Å². The highest BCUT2D eigenvalue weighted by atomic mass is 16.5. The summed E-state index contributed by atoms with van der Waals surface area (Å²) in [6.07, 6.45) is 5.94. The Balaban J connectivity index is 1.43. The molecule has 5 rings (SSSR count). The fourth-order valence-corrected chi connectivity index (χ4v) is 7.41. The van der Waals surface area contributed by atoms with Crippen LogP contribution in [0.5, 0.6) is 0 Å². The van der Waals surface area contributed by atoms with Crippen molar-refractivity contribution in [2.45, 2.75) is 96.9 Å². The predicted octanol–water partition coefficient (Wildman–Crippen LogP) is 2.35. The summed E-state index contributed by atoms with van der Waals surface area (Å²) < 4.78 is 5.38. The van der Waals surface area contributed by atoms with Crippen LogP contribution in [0.2, 0.25) is 0 Å². The molecule has 4 saturated carbocycles. The summed E-state index contributed by atoms with van der Waals surface area (Å²) in [4.78, 5) is 42.5. The van der Waals surface area contributed by atoms with Crippen molar-refractivity contribution < 1.29 is 24.2 Å². The van der Waals surface area contributed by atoms with Crippen molar-refractivity contribution in [3.63, 3.8) is 0 Å². The number of nitrogens with zero attached hydrogens (tertiary/aromatic N) is 2. The molecule has 2 amide bonds. The molecule has 2 unspecified atom stereocenters. The first-order valence-electron chi connectivity index (χ1n) is 12.1. The lowest BCUT2D eigenvalue weighted by Gasteiger charge is -2.56. The molecule has 4 bridgehead atoms. The molecule has 0 aromatic heterocycles. The molecule has 4 aliphatic carbocycles. The van der Waals surface area contributed by atoms with Crippen LogP contribution in [0.4, 0.5) is 0 Å². The van der Waals surface area contributed by atoms with E-state index in [1.807, 2.05) is 27.7 Å². The lowest BCUT2D eigenvalue weighted by Crippen LogP contribution is -2.56. The van der Waals surface area contributed by atoms with Crippen LogP contribution >= 0.6 is 0 Å². The first-order valence-corrected chi connectivity index (χ1v) is 12.1. The summed E-state index contributed by atoms with van der Waals surface area (Å²) in [5, 5.41) is 10.3. The molecular weight excluding hydrogens is 396 g/mol. The Morgan fingerprint density at radius 2 is 1.48 bits per heavy atom. The molecule has 0 aromatic carbocycles. The minimum atomic E-state index is -0.796. The molecule has 0 radical (unpaired) electrons. The van der Waals surface area contributed by atoms with Gasteiger partial charge in [-0.05, 0) is 84.0 Å². The van der Waals surface area contributed by atoms with Gasteiger partial charge in [0.05, 0.1) is 11.5 Å². The van der Waals surface area contributed by atoms with Crippen molar-refractivity contribution in [1.29, 1.82) is 0 Å². The van der Waals surface area contributed by atoms with Gasteiger partial charge in [-0.3, -0.25) is 9.59 Å². The lowest BCUT2D eigenvalue weighted by atomic mass is 9.49. The van der Waals surface area contributed by atoms with E-state index in [1.165, 1.54) is 19.3 Å². The highest BCUT2D eigenvalue weighted by molar-refractivity contribution is 5.90. The van der Waals surface area contributed by atoms with E-state index in [0.29, 0.717) is 17.8 Å². The third-order valence-corrected chi connectivity index (χ3v) is 8.04. The number of likely N-dealkylation sites (tertiary alicyclic amines) is 1. The molecular formula is C24H38N2O5. The summed E-state index contributed by atoms with van der Waals surface area (Å²) in [6.45, 7) is 7.56. The summed E-state index contributed by atoms with van der Waals surface area (Å²) >= 11 is 0. The number of ether oxygens (including phenoxy) is 1. The van der Waals surface area contributed by atoms with Crippen molar-refractivity contribution >= 4 is 17.8 Å². The second-order valence-electron chi connectivity index (χ2n) is 11.2. The first kappa shape index (κ1) is 22.6. The molecule has 174 valence electrons. The third-order valence-electron chi connectivity index (χ3n) is 8.04. The summed E-state index contributed by atoms with van der Waals surface area (Å²) in [5.41, 5.74) is -0.362. The molecule has 1 aliphatic heterocycles. The standard InChI is InChI=1S/C24H38N2O5/c1-14(2)26(15(3)4)21(28)13-31-22(29)20-8-19(27)12-25(20)23(30)24-9-16-5-17(10-24)7-18(6-16)11-24/h14-20,27H,5-13H2,1-4H3. The average molecular weight is 435 g/mol. The number of carbonyl (C=O) groups excluding carboxylic acids is 3. The molecule has 7 heteroatoms. The average Bonchev–Trinajstić information content (AvgIpc) is 3.05. The summed E-state index contributed by atoms with van der Waals surface area (Å²) in [7, 11) is 0. The second-order valence-corrected chi connectivity index (χ2v) is 11.2. The van der Waals surface area contributed by atoms with Gasteiger partial charge in [0.2, 0.25) is 5.91 Å². The van der Waals surface area contributed by atoms with Crippen LogP contribution in [0, 0.1) is 23.2 Å². The van der Waals surface area contributed by atoms with E-state index in [1.54, 1.807) is 9.80 Å². The Morgan fingerprint density at radius 1 is 0.968 bits per heavy atom. The van der Waals surface area contributed by atoms with Crippen molar-refractivity contribution in [2.24, 2.45) is 23.2 Å². The van der Waals surface area contributed by atoms with E-state index in [2.05, 4.69) is 0 Å². The smallest absolute Gasteiger partial charge is 0.329 e. The van der Waals surface area contributed by atoms with Crippen LogP contribution in [0.3, 0.4) is 0 Å². The van der Waals surface area contributed by atoms with E-state index in [0.717, 1.165) is 19.3 Å². The molecule has 1 saturated heterocycles. The number of aliphatic hydroxyl groups excluding tert-OH is 1. The topological polar surface area (TPSA) is 87.2 Å². The Bertz CT molecular complexity index is 690. The Labute approximate surface area is 185 Å². The maximum atomic E-state index is 13.7. The van der Waals surface area contributed by atoms with Gasteiger partial charge in [0.1, 0.15) is 6.04 Å². The minimum absolute atomic E-state index is 0.00802. The van der Waals surface area contributed by atoms with Gasteiger partial charge in [0.25, 0.3) is 5.91 Å². The first-order chi connectivity index (χ1) is 14.6. The van der Waals surface area contributed by atoms with Crippen LogP contribution in [-0.4, -0.2) is 70.1 Å². The molecule has 0 aromatic rings. The summed E-state index contributed by atoms with van der Waals surface area (Å²) in [5.74, 6) is 1.10. The molecule has 2 atom stereocenters. The zero-order valence-corrected chi connectivity index (χ0v) is 19.4. The van der Waals surface area contributed by atoms with Gasteiger partial charge in [-0.2, -0.15) is 0 Å². The quantitative estimate of drug-likeness (QED) is 0.649. The highest BCUT2D eigenvalue weighted by Crippen LogP contribution is 2.60. The van der Waals surface area contributed by atoms with Gasteiger partial charge in [0, 0.05) is 25.0 Å². The number of hydrogen-bond donors (Lipinski definition) is 1. The molecule has 1 heterocycles. The zero-order chi connectivity index (χ0) is 22.5. The molecule has 1 N–H and O–H groups in total. The third kappa shape index (κ3) is 4.22. The number of amides is 2. The Morgan fingerprint density at radius 3 is 1.97 bits per heavy atom. The van der Waals surface area contributed by atoms with Crippen LogP contribution < -0.4 is 0 Å². The van der Waals surface area contributed by atoms with Crippen LogP contribution in [0.15, 0.2) is 0 Å². The van der Waals surface area contributed by atoms with E-state index >= 15 is 0 Å². The zero-order valence-electron chi connectivity index (χ0n) is 19.4. The van der Waals surface area contributed by atoms with Crippen molar-refractivity contribution in [3.8, 4) is 0 Å². The SMILES string of the molecule is CC(C)N(C(=O)COC(=O)C1CC(O)CN1C(=O)C12CC3CC(CC(C3)C1)C2)C(C)C. The van der Waals surface area contributed by atoms with Gasteiger partial charge >= 0.3 is 5.97 Å². The van der Waals surface area contributed by atoms with E-state index < -0.39 is 18.1 Å². The fraction of sp³-hybridized carbons (Fsp3) is 0.875. The van der Waals surface area contributed by atoms with Gasteiger partial charge in [-0.1, -0.05) is 0 Å². The van der Waals surface area contributed by atoms with Crippen molar-refractivity contribution in [1.82, 2.24) is 9.80 Å². The normalized spacial score (nSPS) is 36.4. The fourth-order valence-electron chi connectivity index (χ4n) is 7.41. The second kappa shape index (κ2) is 8.38. The monoisotopic (exact) mass is 434 g/mol. The molecule has 5 aliphatic rings. The lowest BCUT2D eigenvalue weighted by molar-refractivity contribution is -0.167. The maximum absolute atomic E-state index is 13.7. The van der Waals surface area contributed by atoms with Gasteiger partial charge < -0.3 is 19.6 Å². The molecule has 31 heavy (non-hydrogen) atoms. The van der Waals surface area contributed by atoms with E-state index in [4.69, 9.17) is 4.74 Å². The van der Waals surface area contributed by atoms with Gasteiger partial charge in [-0.25, -0.2) is 4.79 Å². The van der Waals surface area contributed by atoms with Crippen LogP contribution in [0.25, 0.3) is 0 Å². The maximum Gasteiger partial charge on any atom is 0.329 e. The molecule has 5 fully saturated rings. The van der Waals surface area contributed by atoms with Gasteiger partial charge in [0.15, 0.2) is 6.61 Å². The number of esters is 1. The minimum Gasteiger partial charge on any atom is -0.454 e. The Kier molecular flexibility index (Phi) is 6.10. The number of aliphatic hydroxyl groups is 1. The number of rotatable bonds is 6. The Hall–Kier alpha value is -1.63. The number of carbonyl (C=O) groups is 3. The summed E-state index contributed by atoms with van der Waals surface area (Å²) in [6, 6.07) is -0.780. The number of hydrogen-bond acceptors (Lipinski definition) is 5. The highest BCUT2D eigenvalue weighted by Gasteiger charge is 2.57. The van der Waals surface area contributed by atoms with Crippen molar-refractivity contribution in [3.05, 3.63) is 0 Å².